The Hall–Kier alpha value is -2.08. The Morgan fingerprint density at radius 1 is 1.18 bits per heavy atom. The number of ether oxygens (including phenoxy) is 2. The Labute approximate surface area is 129 Å². The lowest BCUT2D eigenvalue weighted by molar-refractivity contribution is 0.175. The van der Waals surface area contributed by atoms with Gasteiger partial charge in [-0.1, -0.05) is 18.0 Å². The van der Waals surface area contributed by atoms with E-state index in [1.165, 1.54) is 0 Å². The summed E-state index contributed by atoms with van der Waals surface area (Å²) in [5.41, 5.74) is 5.90. The molecule has 1 aliphatic rings. The summed E-state index contributed by atoms with van der Waals surface area (Å²) in [5.74, 6) is 2.54. The molecule has 22 heavy (non-hydrogen) atoms. The third-order valence-corrected chi connectivity index (χ3v) is 4.10. The zero-order chi connectivity index (χ0) is 15.6. The highest BCUT2D eigenvalue weighted by Crippen LogP contribution is 2.35. The number of hydrogen-bond donors (Lipinski definition) is 1. The normalized spacial score (nSPS) is 18.1. The number of aromatic nitrogens is 2. The van der Waals surface area contributed by atoms with Gasteiger partial charge in [-0.2, -0.15) is 4.98 Å². The van der Waals surface area contributed by atoms with Gasteiger partial charge in [0.25, 0.3) is 5.89 Å². The van der Waals surface area contributed by atoms with E-state index in [1.54, 1.807) is 7.11 Å². The zero-order valence-corrected chi connectivity index (χ0v) is 12.9. The highest BCUT2D eigenvalue weighted by Gasteiger charge is 2.36. The molecule has 1 fully saturated rings. The summed E-state index contributed by atoms with van der Waals surface area (Å²) >= 11 is 0. The van der Waals surface area contributed by atoms with Crippen molar-refractivity contribution >= 4 is 0 Å². The number of hydrogen-bond acceptors (Lipinski definition) is 6. The van der Waals surface area contributed by atoms with Crippen molar-refractivity contribution in [2.75, 3.05) is 7.11 Å². The van der Waals surface area contributed by atoms with Crippen molar-refractivity contribution in [3.63, 3.8) is 0 Å². The third kappa shape index (κ3) is 2.92. The van der Waals surface area contributed by atoms with E-state index >= 15 is 0 Å². The van der Waals surface area contributed by atoms with E-state index in [4.69, 9.17) is 19.7 Å². The number of methoxy groups -OCH3 is 1. The molecule has 118 valence electrons. The van der Waals surface area contributed by atoms with Crippen LogP contribution >= 0.6 is 0 Å². The molecule has 3 rings (SSSR count). The van der Waals surface area contributed by atoms with Crippen molar-refractivity contribution in [3.05, 3.63) is 36.0 Å². The Morgan fingerprint density at radius 3 is 2.45 bits per heavy atom. The van der Waals surface area contributed by atoms with Gasteiger partial charge in [0.1, 0.15) is 11.5 Å². The molecule has 1 aromatic carbocycles. The lowest BCUT2D eigenvalue weighted by atomic mass is 9.99. The van der Waals surface area contributed by atoms with Crippen LogP contribution in [0.15, 0.2) is 28.8 Å². The summed E-state index contributed by atoms with van der Waals surface area (Å²) in [6.45, 7) is 1.87. The number of rotatable bonds is 5. The molecule has 0 radical (unpaired) electrons. The Morgan fingerprint density at radius 2 is 1.82 bits per heavy atom. The summed E-state index contributed by atoms with van der Waals surface area (Å²) < 4.78 is 16.3. The lowest BCUT2D eigenvalue weighted by Gasteiger charge is -2.17. The van der Waals surface area contributed by atoms with E-state index in [2.05, 4.69) is 10.1 Å². The molecule has 2 N–H and O–H groups in total. The number of benzene rings is 1. The average molecular weight is 303 g/mol. The second-order valence-corrected chi connectivity index (χ2v) is 5.76. The minimum absolute atomic E-state index is 0.334. The van der Waals surface area contributed by atoms with Crippen molar-refractivity contribution < 1.29 is 14.0 Å². The van der Waals surface area contributed by atoms with Gasteiger partial charge in [0.2, 0.25) is 0 Å². The summed E-state index contributed by atoms with van der Waals surface area (Å²) in [4.78, 5) is 4.44. The first kappa shape index (κ1) is 14.8. The maximum atomic E-state index is 6.34. The van der Waals surface area contributed by atoms with Gasteiger partial charge in [-0.25, -0.2) is 0 Å². The van der Waals surface area contributed by atoms with E-state index in [0.717, 1.165) is 37.2 Å². The summed E-state index contributed by atoms with van der Waals surface area (Å²) in [6, 6.07) is 7.37. The van der Waals surface area contributed by atoms with Crippen LogP contribution in [0.3, 0.4) is 0 Å². The predicted molar refractivity (Wildman–Crippen MR) is 80.7 cm³/mol. The van der Waals surface area contributed by atoms with Crippen LogP contribution in [0.2, 0.25) is 0 Å². The van der Waals surface area contributed by atoms with Crippen molar-refractivity contribution in [2.45, 2.75) is 44.2 Å². The van der Waals surface area contributed by atoms with Crippen molar-refractivity contribution in [1.29, 1.82) is 0 Å². The Kier molecular flexibility index (Phi) is 4.02. The minimum Gasteiger partial charge on any atom is -0.497 e. The molecule has 1 aromatic heterocycles. The molecule has 0 aliphatic heterocycles. The predicted octanol–water partition coefficient (Wildman–Crippen LogP) is 2.95. The molecule has 1 atom stereocenters. The van der Waals surface area contributed by atoms with Gasteiger partial charge in [-0.3, -0.25) is 0 Å². The van der Waals surface area contributed by atoms with E-state index in [1.807, 2.05) is 31.2 Å². The van der Waals surface area contributed by atoms with Crippen LogP contribution in [0.1, 0.15) is 50.4 Å². The highest BCUT2D eigenvalue weighted by molar-refractivity contribution is 5.31. The molecule has 1 aliphatic carbocycles. The monoisotopic (exact) mass is 303 g/mol. The first-order valence-corrected chi connectivity index (χ1v) is 7.54. The molecule has 6 nitrogen and oxygen atoms in total. The second-order valence-electron chi connectivity index (χ2n) is 5.76. The van der Waals surface area contributed by atoms with Crippen molar-refractivity contribution in [1.82, 2.24) is 10.1 Å². The Bertz CT molecular complexity index is 618. The van der Waals surface area contributed by atoms with Gasteiger partial charge in [-0.05, 0) is 44.0 Å². The molecular formula is C16H21N3O3. The van der Waals surface area contributed by atoms with Crippen LogP contribution in [0, 0.1) is 0 Å². The first-order valence-electron chi connectivity index (χ1n) is 7.54. The van der Waals surface area contributed by atoms with E-state index < -0.39 is 5.54 Å². The van der Waals surface area contributed by atoms with Gasteiger partial charge in [0.15, 0.2) is 11.9 Å². The molecular weight excluding hydrogens is 282 g/mol. The summed E-state index contributed by atoms with van der Waals surface area (Å²) in [6.07, 6.45) is 3.69. The standard InChI is InChI=1S/C16H21N3O3/c1-11(21-13-7-5-12(20-2)6-8-13)14-18-15(19-22-14)16(17)9-3-4-10-16/h5-8,11H,3-4,9-10,17H2,1-2H3. The number of nitrogens with zero attached hydrogens (tertiary/aromatic N) is 2. The summed E-state index contributed by atoms with van der Waals surface area (Å²) in [5, 5.41) is 4.05. The second kappa shape index (κ2) is 5.96. The van der Waals surface area contributed by atoms with Crippen molar-refractivity contribution in [2.24, 2.45) is 5.73 Å². The first-order chi connectivity index (χ1) is 10.6. The Balaban J connectivity index is 1.69. The fourth-order valence-corrected chi connectivity index (χ4v) is 2.74. The maximum Gasteiger partial charge on any atom is 0.267 e. The maximum absolute atomic E-state index is 6.34. The van der Waals surface area contributed by atoms with Gasteiger partial charge in [-0.15, -0.1) is 0 Å². The summed E-state index contributed by atoms with van der Waals surface area (Å²) in [7, 11) is 1.63. The topological polar surface area (TPSA) is 83.4 Å². The average Bonchev–Trinajstić information content (AvgIpc) is 3.18. The van der Waals surface area contributed by atoms with Crippen molar-refractivity contribution in [3.8, 4) is 11.5 Å². The molecule has 1 heterocycles. The van der Waals surface area contributed by atoms with E-state index in [9.17, 15) is 0 Å². The molecule has 6 heteroatoms. The molecule has 0 saturated heterocycles. The number of nitrogens with two attached hydrogens (primary N) is 1. The molecule has 1 saturated carbocycles. The van der Waals surface area contributed by atoms with Crippen LogP contribution in [0.5, 0.6) is 11.5 Å². The van der Waals surface area contributed by atoms with Crippen LogP contribution in [0.4, 0.5) is 0 Å². The molecule has 1 unspecified atom stereocenters. The fraction of sp³-hybridized carbons (Fsp3) is 0.500. The molecule has 0 amide bonds. The molecule has 0 bridgehead atoms. The van der Waals surface area contributed by atoms with Gasteiger partial charge < -0.3 is 19.7 Å². The lowest BCUT2D eigenvalue weighted by Crippen LogP contribution is -2.34. The third-order valence-electron chi connectivity index (χ3n) is 4.10. The SMILES string of the molecule is COc1ccc(OC(C)c2nc(C3(N)CCCC3)no2)cc1. The quantitative estimate of drug-likeness (QED) is 0.914. The van der Waals surface area contributed by atoms with Crippen LogP contribution < -0.4 is 15.2 Å². The van der Waals surface area contributed by atoms with Gasteiger partial charge >= 0.3 is 0 Å². The van der Waals surface area contributed by atoms with E-state index in [0.29, 0.717) is 11.7 Å². The van der Waals surface area contributed by atoms with Gasteiger partial charge in [0, 0.05) is 0 Å². The van der Waals surface area contributed by atoms with Crippen LogP contribution in [-0.4, -0.2) is 17.3 Å². The van der Waals surface area contributed by atoms with E-state index in [-0.39, 0.29) is 6.10 Å². The smallest absolute Gasteiger partial charge is 0.267 e. The largest absolute Gasteiger partial charge is 0.497 e. The van der Waals surface area contributed by atoms with Crippen LogP contribution in [-0.2, 0) is 5.54 Å². The molecule has 2 aromatic rings. The zero-order valence-electron chi connectivity index (χ0n) is 12.9. The van der Waals surface area contributed by atoms with Gasteiger partial charge in [0.05, 0.1) is 12.6 Å². The fourth-order valence-electron chi connectivity index (χ4n) is 2.74. The minimum atomic E-state index is -0.443. The molecule has 0 spiro atoms. The highest BCUT2D eigenvalue weighted by atomic mass is 16.5. The van der Waals surface area contributed by atoms with Crippen LogP contribution in [0.25, 0.3) is 0 Å².